The van der Waals surface area contributed by atoms with Crippen molar-refractivity contribution in [3.63, 3.8) is 0 Å². The quantitative estimate of drug-likeness (QED) is 0.436. The number of rotatable bonds is 4. The number of aryl methyl sites for hydroxylation is 1. The van der Waals surface area contributed by atoms with Gasteiger partial charge in [-0.15, -0.1) is 0 Å². The second-order valence-electron chi connectivity index (χ2n) is 9.36. The summed E-state index contributed by atoms with van der Waals surface area (Å²) in [6.07, 6.45) is 3.21. The van der Waals surface area contributed by atoms with Gasteiger partial charge in [-0.05, 0) is 67.5 Å². The van der Waals surface area contributed by atoms with Gasteiger partial charge in [0, 0.05) is 15.4 Å². The van der Waals surface area contributed by atoms with E-state index < -0.39 is 5.97 Å². The van der Waals surface area contributed by atoms with Crippen LogP contribution in [-0.4, -0.2) is 27.9 Å². The van der Waals surface area contributed by atoms with Gasteiger partial charge in [-0.2, -0.15) is 0 Å². The number of carboxylic acids is 1. The van der Waals surface area contributed by atoms with E-state index in [0.717, 1.165) is 34.9 Å². The molecular weight excluding hydrogens is 496 g/mol. The molecule has 1 N–H and O–H groups in total. The van der Waals surface area contributed by atoms with Crippen molar-refractivity contribution in [1.82, 2.24) is 4.98 Å². The number of benzene rings is 2. The molecule has 2 fully saturated rings. The largest absolute Gasteiger partial charge is 0.478 e. The average molecular weight is 521 g/mol. The van der Waals surface area contributed by atoms with Crippen LogP contribution in [0.4, 0.5) is 5.69 Å². The van der Waals surface area contributed by atoms with E-state index in [1.165, 1.54) is 4.90 Å². The summed E-state index contributed by atoms with van der Waals surface area (Å²) in [5, 5.41) is 10.4. The third-order valence-electron chi connectivity index (χ3n) is 7.18. The lowest BCUT2D eigenvalue weighted by Crippen LogP contribution is -2.30. The van der Waals surface area contributed by atoms with Crippen LogP contribution in [0.5, 0.6) is 0 Å². The van der Waals surface area contributed by atoms with Crippen LogP contribution in [0, 0.1) is 17.8 Å². The van der Waals surface area contributed by atoms with E-state index in [4.69, 9.17) is 4.98 Å². The molecule has 5 rings (SSSR count). The third-order valence-corrected chi connectivity index (χ3v) is 7.64. The van der Waals surface area contributed by atoms with Crippen molar-refractivity contribution in [2.45, 2.75) is 39.5 Å². The van der Waals surface area contributed by atoms with E-state index in [1.54, 1.807) is 36.4 Å². The van der Waals surface area contributed by atoms with Crippen molar-refractivity contribution in [2.75, 3.05) is 4.90 Å². The second-order valence-corrected chi connectivity index (χ2v) is 10.3. The van der Waals surface area contributed by atoms with E-state index in [1.807, 2.05) is 13.0 Å². The summed E-state index contributed by atoms with van der Waals surface area (Å²) in [7, 11) is 0. The zero-order chi connectivity index (χ0) is 24.1. The summed E-state index contributed by atoms with van der Waals surface area (Å²) in [6.45, 7) is 4.14. The normalized spacial score (nSPS) is 22.3. The lowest BCUT2D eigenvalue weighted by atomic mass is 9.76. The minimum Gasteiger partial charge on any atom is -0.478 e. The molecule has 2 aliphatic rings. The number of anilines is 1. The lowest BCUT2D eigenvalue weighted by Gasteiger charge is -2.25. The van der Waals surface area contributed by atoms with Gasteiger partial charge in [-0.25, -0.2) is 9.78 Å². The van der Waals surface area contributed by atoms with Crippen LogP contribution in [0.3, 0.4) is 0 Å². The van der Waals surface area contributed by atoms with E-state index in [-0.39, 0.29) is 29.2 Å². The molecule has 7 heteroatoms. The molecule has 1 saturated carbocycles. The predicted octanol–water partition coefficient (Wildman–Crippen LogP) is 5.85. The number of nitrogens with zero attached hydrogens (tertiary/aromatic N) is 2. The van der Waals surface area contributed by atoms with Crippen molar-refractivity contribution in [1.29, 1.82) is 0 Å². The Balaban J connectivity index is 1.53. The Morgan fingerprint density at radius 2 is 1.79 bits per heavy atom. The van der Waals surface area contributed by atoms with E-state index in [2.05, 4.69) is 22.9 Å². The van der Waals surface area contributed by atoms with Crippen molar-refractivity contribution in [2.24, 2.45) is 17.8 Å². The first-order chi connectivity index (χ1) is 16.3. The fourth-order valence-electron chi connectivity index (χ4n) is 5.38. The highest BCUT2D eigenvalue weighted by Gasteiger charge is 2.49. The van der Waals surface area contributed by atoms with E-state index >= 15 is 0 Å². The number of hydrogen-bond donors (Lipinski definition) is 1. The smallest absolute Gasteiger partial charge is 0.336 e. The summed E-state index contributed by atoms with van der Waals surface area (Å²) in [6, 6.07) is 12.4. The molecule has 1 aromatic heterocycles. The molecule has 1 aliphatic heterocycles. The van der Waals surface area contributed by atoms with E-state index in [0.29, 0.717) is 34.6 Å². The Bertz CT molecular complexity index is 1330. The Morgan fingerprint density at radius 1 is 1.09 bits per heavy atom. The highest BCUT2D eigenvalue weighted by atomic mass is 79.9. The van der Waals surface area contributed by atoms with Crippen LogP contribution in [0.1, 0.15) is 49.0 Å². The number of pyridine rings is 1. The molecule has 2 heterocycles. The number of carbonyl (C=O) groups is 3. The van der Waals surface area contributed by atoms with Crippen LogP contribution in [-0.2, 0) is 16.0 Å². The first kappa shape index (κ1) is 22.7. The predicted molar refractivity (Wildman–Crippen MR) is 134 cm³/mol. The molecular formula is C27H25BrN2O4. The lowest BCUT2D eigenvalue weighted by molar-refractivity contribution is -0.122. The molecule has 2 aromatic carbocycles. The van der Waals surface area contributed by atoms with Gasteiger partial charge in [-0.1, -0.05) is 41.9 Å². The number of amides is 2. The Labute approximate surface area is 206 Å². The van der Waals surface area contributed by atoms with Gasteiger partial charge in [-0.3, -0.25) is 14.5 Å². The van der Waals surface area contributed by atoms with Gasteiger partial charge >= 0.3 is 5.97 Å². The molecule has 3 unspecified atom stereocenters. The fraction of sp³-hybridized carbons (Fsp3) is 0.333. The maximum atomic E-state index is 13.0. The zero-order valence-electron chi connectivity index (χ0n) is 19.0. The Kier molecular flexibility index (Phi) is 5.76. The summed E-state index contributed by atoms with van der Waals surface area (Å²) in [5.41, 5.74) is 3.61. The number of carboxylic acid groups (broad SMARTS) is 1. The first-order valence-electron chi connectivity index (χ1n) is 11.6. The Hall–Kier alpha value is -3.06. The molecule has 3 atom stereocenters. The van der Waals surface area contributed by atoms with Crippen LogP contribution in [0.25, 0.3) is 22.2 Å². The summed E-state index contributed by atoms with van der Waals surface area (Å²) in [5.74, 6) is -1.21. The molecule has 2 amide bonds. The molecule has 3 aromatic rings. The number of halogens is 1. The van der Waals surface area contributed by atoms with Crippen LogP contribution >= 0.6 is 15.9 Å². The molecule has 6 nitrogen and oxygen atoms in total. The molecule has 0 spiro atoms. The van der Waals surface area contributed by atoms with Crippen LogP contribution in [0.2, 0.25) is 0 Å². The molecule has 0 bridgehead atoms. The van der Waals surface area contributed by atoms with E-state index in [9.17, 15) is 19.5 Å². The minimum atomic E-state index is -1.02. The van der Waals surface area contributed by atoms with Gasteiger partial charge in [0.05, 0.1) is 34.3 Å². The second kappa shape index (κ2) is 8.62. The fourth-order valence-corrected chi connectivity index (χ4v) is 5.89. The zero-order valence-corrected chi connectivity index (χ0v) is 20.6. The third kappa shape index (κ3) is 3.72. The highest BCUT2D eigenvalue weighted by Crippen LogP contribution is 2.42. The topological polar surface area (TPSA) is 87.6 Å². The van der Waals surface area contributed by atoms with Crippen molar-refractivity contribution in [3.8, 4) is 11.3 Å². The van der Waals surface area contributed by atoms with Gasteiger partial charge in [0.25, 0.3) is 0 Å². The van der Waals surface area contributed by atoms with Gasteiger partial charge in [0.1, 0.15) is 0 Å². The standard InChI is InChI=1S/C27H25BrN2O4/c1-3-15-11-17(28)12-20-22(27(33)34)13-23(29-24(15)20)16-5-7-18(8-6-16)30-25(31)19-9-4-14(2)10-21(19)26(30)32/h5-8,11-14,19,21H,3-4,9-10H2,1-2H3,(H,33,34). The molecule has 1 saturated heterocycles. The SMILES string of the molecule is CCc1cc(Br)cc2c(C(=O)O)cc(-c3ccc(N4C(=O)C5CCC(C)CC5C4=O)cc3)nc12. The maximum Gasteiger partial charge on any atom is 0.336 e. The number of fused-ring (bicyclic) bond motifs is 2. The molecule has 1 aliphatic carbocycles. The maximum absolute atomic E-state index is 13.0. The van der Waals surface area contributed by atoms with Gasteiger partial charge in [0.15, 0.2) is 0 Å². The Morgan fingerprint density at radius 3 is 2.47 bits per heavy atom. The number of hydrogen-bond acceptors (Lipinski definition) is 4. The van der Waals surface area contributed by atoms with Gasteiger partial charge < -0.3 is 5.11 Å². The van der Waals surface area contributed by atoms with Crippen LogP contribution < -0.4 is 4.90 Å². The molecule has 34 heavy (non-hydrogen) atoms. The summed E-state index contributed by atoms with van der Waals surface area (Å²) in [4.78, 5) is 44.2. The van der Waals surface area contributed by atoms with Crippen molar-refractivity contribution >= 4 is 50.3 Å². The molecule has 0 radical (unpaired) electrons. The average Bonchev–Trinajstić information content (AvgIpc) is 3.07. The first-order valence-corrected chi connectivity index (χ1v) is 12.4. The number of aromatic carboxylic acids is 1. The summed E-state index contributed by atoms with van der Waals surface area (Å²) < 4.78 is 0.813. The highest BCUT2D eigenvalue weighted by molar-refractivity contribution is 9.10. The monoisotopic (exact) mass is 520 g/mol. The van der Waals surface area contributed by atoms with Gasteiger partial charge in [0.2, 0.25) is 11.8 Å². The number of carbonyl (C=O) groups excluding carboxylic acids is 2. The number of imide groups is 1. The molecule has 174 valence electrons. The van der Waals surface area contributed by atoms with Crippen molar-refractivity contribution in [3.05, 3.63) is 58.1 Å². The van der Waals surface area contributed by atoms with Crippen LogP contribution in [0.15, 0.2) is 46.9 Å². The summed E-state index contributed by atoms with van der Waals surface area (Å²) >= 11 is 3.47. The van der Waals surface area contributed by atoms with Crippen molar-refractivity contribution < 1.29 is 19.5 Å². The minimum absolute atomic E-state index is 0.107. The number of aromatic nitrogens is 1.